The summed E-state index contributed by atoms with van der Waals surface area (Å²) in [6.45, 7) is 0.441. The summed E-state index contributed by atoms with van der Waals surface area (Å²) in [7, 11) is 0. The first-order valence-corrected chi connectivity index (χ1v) is 5.10. The van der Waals surface area contributed by atoms with Crippen molar-refractivity contribution in [2.45, 2.75) is 6.42 Å². The largest absolute Gasteiger partial charge is 0.481 e. The molecule has 0 saturated carbocycles. The third kappa shape index (κ3) is 3.79. The molecule has 5 heteroatoms. The van der Waals surface area contributed by atoms with E-state index in [0.29, 0.717) is 11.6 Å². The molecular weight excluding hydrogens is 228 g/mol. The lowest BCUT2D eigenvalue weighted by atomic mass is 10.2. The van der Waals surface area contributed by atoms with E-state index in [0.717, 1.165) is 5.69 Å². The Labute approximate surface area is 98.7 Å². The molecule has 84 valence electrons. The van der Waals surface area contributed by atoms with Gasteiger partial charge in [0.05, 0.1) is 12.5 Å². The van der Waals surface area contributed by atoms with Crippen LogP contribution in [0.5, 0.6) is 0 Å². The van der Waals surface area contributed by atoms with Gasteiger partial charge in [0.2, 0.25) is 0 Å². The molecular formula is C11H11ClN2O2. The molecule has 0 bridgehead atoms. The minimum absolute atomic E-state index is 0.00576. The summed E-state index contributed by atoms with van der Waals surface area (Å²) in [4.78, 5) is 12.2. The fourth-order valence-corrected chi connectivity index (χ4v) is 1.47. The molecule has 1 rings (SSSR count). The van der Waals surface area contributed by atoms with Gasteiger partial charge in [0.1, 0.15) is 6.54 Å². The van der Waals surface area contributed by atoms with Crippen LogP contribution < -0.4 is 4.90 Å². The molecule has 1 N–H and O–H groups in total. The number of benzene rings is 1. The zero-order valence-electron chi connectivity index (χ0n) is 8.56. The predicted octanol–water partition coefficient (Wildman–Crippen LogP) is 2.14. The van der Waals surface area contributed by atoms with E-state index in [1.165, 1.54) is 0 Å². The molecule has 1 aromatic carbocycles. The van der Waals surface area contributed by atoms with Crippen molar-refractivity contribution in [3.63, 3.8) is 0 Å². The summed E-state index contributed by atoms with van der Waals surface area (Å²) in [5, 5.41) is 17.8. The third-order valence-electron chi connectivity index (χ3n) is 2.03. The fraction of sp³-hybridized carbons (Fsp3) is 0.273. The fourth-order valence-electron chi connectivity index (χ4n) is 1.29. The van der Waals surface area contributed by atoms with E-state index in [2.05, 4.69) is 0 Å². The van der Waals surface area contributed by atoms with Gasteiger partial charge in [0.25, 0.3) is 0 Å². The average Bonchev–Trinajstić information content (AvgIpc) is 2.24. The minimum Gasteiger partial charge on any atom is -0.481 e. The molecule has 1 aromatic rings. The van der Waals surface area contributed by atoms with Gasteiger partial charge in [-0.15, -0.1) is 0 Å². The highest BCUT2D eigenvalue weighted by atomic mass is 35.5. The zero-order chi connectivity index (χ0) is 12.0. The maximum absolute atomic E-state index is 10.5. The topological polar surface area (TPSA) is 64.3 Å². The van der Waals surface area contributed by atoms with Crippen LogP contribution in [0.4, 0.5) is 5.69 Å². The lowest BCUT2D eigenvalue weighted by molar-refractivity contribution is -0.136. The van der Waals surface area contributed by atoms with Gasteiger partial charge in [0.15, 0.2) is 0 Å². The van der Waals surface area contributed by atoms with Crippen molar-refractivity contribution in [1.29, 1.82) is 5.26 Å². The minimum atomic E-state index is -0.884. The molecule has 0 aliphatic heterocycles. The van der Waals surface area contributed by atoms with Crippen molar-refractivity contribution >= 4 is 23.3 Å². The molecule has 0 atom stereocenters. The zero-order valence-corrected chi connectivity index (χ0v) is 9.31. The van der Waals surface area contributed by atoms with Crippen LogP contribution in [-0.4, -0.2) is 24.2 Å². The number of nitrogens with zero attached hydrogens (tertiary/aromatic N) is 2. The Morgan fingerprint density at radius 1 is 1.56 bits per heavy atom. The number of hydrogen-bond donors (Lipinski definition) is 1. The molecule has 0 radical (unpaired) electrons. The smallest absolute Gasteiger partial charge is 0.305 e. The van der Waals surface area contributed by atoms with Crippen LogP contribution in [0.2, 0.25) is 5.02 Å². The van der Waals surface area contributed by atoms with Crippen molar-refractivity contribution in [1.82, 2.24) is 0 Å². The Bertz CT molecular complexity index is 415. The number of nitriles is 1. The van der Waals surface area contributed by atoms with E-state index in [4.69, 9.17) is 22.0 Å². The van der Waals surface area contributed by atoms with E-state index in [1.54, 1.807) is 29.2 Å². The summed E-state index contributed by atoms with van der Waals surface area (Å²) in [5.41, 5.74) is 0.760. The highest BCUT2D eigenvalue weighted by Crippen LogP contribution is 2.19. The van der Waals surface area contributed by atoms with Gasteiger partial charge in [-0.2, -0.15) is 5.26 Å². The molecule has 0 unspecified atom stereocenters. The van der Waals surface area contributed by atoms with Crippen LogP contribution in [0.15, 0.2) is 24.3 Å². The summed E-state index contributed by atoms with van der Waals surface area (Å²) in [6, 6.07) is 9.00. The van der Waals surface area contributed by atoms with E-state index in [1.807, 2.05) is 6.07 Å². The standard InChI is InChI=1S/C11H11ClN2O2/c12-9-2-1-3-10(8-9)14(7-5-13)6-4-11(15)16/h1-3,8H,4,6-7H2,(H,15,16). The number of hydrogen-bond acceptors (Lipinski definition) is 3. The summed E-state index contributed by atoms with van der Waals surface area (Å²) in [5.74, 6) is -0.884. The van der Waals surface area contributed by atoms with Crippen molar-refractivity contribution < 1.29 is 9.90 Å². The van der Waals surface area contributed by atoms with Gasteiger partial charge in [-0.1, -0.05) is 17.7 Å². The second kappa shape index (κ2) is 5.99. The van der Waals surface area contributed by atoms with Crippen LogP contribution in [0.3, 0.4) is 0 Å². The first-order valence-electron chi connectivity index (χ1n) is 4.72. The lowest BCUT2D eigenvalue weighted by Crippen LogP contribution is -2.26. The van der Waals surface area contributed by atoms with E-state index in [9.17, 15) is 4.79 Å². The Balaban J connectivity index is 2.77. The molecule has 0 aromatic heterocycles. The second-order valence-corrected chi connectivity index (χ2v) is 3.64. The molecule has 0 aliphatic rings. The number of carbonyl (C=O) groups is 1. The van der Waals surface area contributed by atoms with Crippen LogP contribution >= 0.6 is 11.6 Å². The molecule has 0 spiro atoms. The first kappa shape index (κ1) is 12.3. The average molecular weight is 239 g/mol. The van der Waals surface area contributed by atoms with Gasteiger partial charge in [0, 0.05) is 17.3 Å². The molecule has 0 fully saturated rings. The number of anilines is 1. The van der Waals surface area contributed by atoms with Gasteiger partial charge >= 0.3 is 5.97 Å². The van der Waals surface area contributed by atoms with Crippen molar-refractivity contribution in [3.8, 4) is 6.07 Å². The quantitative estimate of drug-likeness (QED) is 0.799. The first-order chi connectivity index (χ1) is 7.63. The maximum Gasteiger partial charge on any atom is 0.305 e. The van der Waals surface area contributed by atoms with E-state index >= 15 is 0 Å². The van der Waals surface area contributed by atoms with E-state index < -0.39 is 5.97 Å². The van der Waals surface area contributed by atoms with E-state index in [-0.39, 0.29) is 13.0 Å². The summed E-state index contributed by atoms with van der Waals surface area (Å²) >= 11 is 5.83. The lowest BCUT2D eigenvalue weighted by Gasteiger charge is -2.20. The van der Waals surface area contributed by atoms with Gasteiger partial charge < -0.3 is 10.0 Å². The highest BCUT2D eigenvalue weighted by Gasteiger charge is 2.08. The molecule has 0 heterocycles. The summed E-state index contributed by atoms with van der Waals surface area (Å²) < 4.78 is 0. The predicted molar refractivity (Wildman–Crippen MR) is 61.5 cm³/mol. The van der Waals surface area contributed by atoms with Gasteiger partial charge in [-0.25, -0.2) is 0 Å². The molecule has 0 aliphatic carbocycles. The van der Waals surface area contributed by atoms with Crippen LogP contribution in [0.1, 0.15) is 6.42 Å². The van der Waals surface area contributed by atoms with Crippen molar-refractivity contribution in [2.24, 2.45) is 0 Å². The molecule has 4 nitrogen and oxygen atoms in total. The molecule has 16 heavy (non-hydrogen) atoms. The van der Waals surface area contributed by atoms with Crippen molar-refractivity contribution in [2.75, 3.05) is 18.0 Å². The monoisotopic (exact) mass is 238 g/mol. The second-order valence-electron chi connectivity index (χ2n) is 3.20. The SMILES string of the molecule is N#CCN(CCC(=O)O)c1cccc(Cl)c1. The maximum atomic E-state index is 10.5. The van der Waals surface area contributed by atoms with Crippen molar-refractivity contribution in [3.05, 3.63) is 29.3 Å². The summed E-state index contributed by atoms with van der Waals surface area (Å²) in [6.07, 6.45) is -0.00576. The number of carboxylic acid groups (broad SMARTS) is 1. The van der Waals surface area contributed by atoms with Crippen LogP contribution in [0, 0.1) is 11.3 Å². The molecule has 0 saturated heterocycles. The Morgan fingerprint density at radius 2 is 2.31 bits per heavy atom. The Hall–Kier alpha value is -1.73. The normalized spacial score (nSPS) is 9.50. The highest BCUT2D eigenvalue weighted by molar-refractivity contribution is 6.30. The molecule has 0 amide bonds. The van der Waals surface area contributed by atoms with Crippen LogP contribution in [-0.2, 0) is 4.79 Å². The third-order valence-corrected chi connectivity index (χ3v) is 2.27. The number of carboxylic acids is 1. The number of aliphatic carboxylic acids is 1. The number of halogens is 1. The van der Waals surface area contributed by atoms with Crippen LogP contribution in [0.25, 0.3) is 0 Å². The van der Waals surface area contributed by atoms with Gasteiger partial charge in [-0.3, -0.25) is 4.79 Å². The van der Waals surface area contributed by atoms with Gasteiger partial charge in [-0.05, 0) is 18.2 Å². The Kier molecular flexibility index (Phi) is 4.62. The number of rotatable bonds is 5. The Morgan fingerprint density at radius 3 is 2.88 bits per heavy atom.